The van der Waals surface area contributed by atoms with Crippen molar-refractivity contribution in [3.05, 3.63) is 27.9 Å². The van der Waals surface area contributed by atoms with E-state index < -0.39 is 4.92 Å². The van der Waals surface area contributed by atoms with Crippen LogP contribution in [0, 0.1) is 21.4 Å². The van der Waals surface area contributed by atoms with Crippen LogP contribution in [0.5, 0.6) is 0 Å². The molecule has 1 aromatic heterocycles. The number of nitrogens with zero attached hydrogens (tertiary/aromatic N) is 4. The number of hydrogen-bond acceptors (Lipinski definition) is 6. The van der Waals surface area contributed by atoms with Crippen LogP contribution in [-0.4, -0.2) is 41.5 Å². The first-order valence-corrected chi connectivity index (χ1v) is 5.55. The zero-order chi connectivity index (χ0) is 13.5. The van der Waals surface area contributed by atoms with E-state index in [0.717, 1.165) is 13.1 Å². The standard InChI is InChI=1S/C11H15N5O2/c1-3-15(2)5-4-13-11-10(16(17)18)6-9(7-12)8-14-11/h6,8H,3-5H2,1-2H3,(H,13,14). The second-order valence-corrected chi connectivity index (χ2v) is 3.78. The Balaban J connectivity index is 2.76. The van der Waals surface area contributed by atoms with Crippen molar-refractivity contribution in [3.63, 3.8) is 0 Å². The fourth-order valence-corrected chi connectivity index (χ4v) is 1.31. The summed E-state index contributed by atoms with van der Waals surface area (Å²) in [6, 6.07) is 3.05. The number of aromatic nitrogens is 1. The Morgan fingerprint density at radius 1 is 1.67 bits per heavy atom. The maximum Gasteiger partial charge on any atom is 0.312 e. The van der Waals surface area contributed by atoms with Crippen molar-refractivity contribution >= 4 is 11.5 Å². The highest BCUT2D eigenvalue weighted by molar-refractivity contribution is 5.58. The minimum atomic E-state index is -0.542. The van der Waals surface area contributed by atoms with Crippen LogP contribution >= 0.6 is 0 Å². The van der Waals surface area contributed by atoms with E-state index in [2.05, 4.69) is 15.2 Å². The molecule has 7 heteroatoms. The molecular formula is C11H15N5O2. The van der Waals surface area contributed by atoms with E-state index in [1.165, 1.54) is 12.3 Å². The first kappa shape index (κ1) is 13.9. The average Bonchev–Trinajstić information content (AvgIpc) is 2.38. The Bertz CT molecular complexity index is 469. The van der Waals surface area contributed by atoms with Crippen LogP contribution < -0.4 is 5.32 Å². The molecule has 18 heavy (non-hydrogen) atoms. The molecule has 0 radical (unpaired) electrons. The summed E-state index contributed by atoms with van der Waals surface area (Å²) in [5, 5.41) is 22.4. The molecule has 0 unspecified atom stereocenters. The molecule has 0 aliphatic carbocycles. The lowest BCUT2D eigenvalue weighted by Crippen LogP contribution is -2.25. The van der Waals surface area contributed by atoms with Gasteiger partial charge in [-0.2, -0.15) is 5.26 Å². The topological polar surface area (TPSA) is 95.1 Å². The minimum Gasteiger partial charge on any atom is -0.363 e. The first-order valence-electron chi connectivity index (χ1n) is 5.55. The molecule has 0 aliphatic rings. The van der Waals surface area contributed by atoms with E-state index in [9.17, 15) is 10.1 Å². The van der Waals surface area contributed by atoms with E-state index in [1.54, 1.807) is 0 Å². The molecule has 0 fully saturated rings. The molecule has 0 spiro atoms. The Morgan fingerprint density at radius 3 is 2.94 bits per heavy atom. The molecular weight excluding hydrogens is 234 g/mol. The van der Waals surface area contributed by atoms with E-state index in [-0.39, 0.29) is 17.1 Å². The third kappa shape index (κ3) is 3.68. The first-order chi connectivity index (χ1) is 8.58. The fraction of sp³-hybridized carbons (Fsp3) is 0.455. The second kappa shape index (κ2) is 6.51. The lowest BCUT2D eigenvalue weighted by Gasteiger charge is -2.14. The Kier molecular flexibility index (Phi) is 5.02. The van der Waals surface area contributed by atoms with Gasteiger partial charge in [0, 0.05) is 25.4 Å². The molecule has 7 nitrogen and oxygen atoms in total. The van der Waals surface area contributed by atoms with Gasteiger partial charge in [-0.3, -0.25) is 10.1 Å². The SMILES string of the molecule is CCN(C)CCNc1ncc(C#N)cc1[N+](=O)[O-]. The normalized spacial score (nSPS) is 10.1. The predicted molar refractivity (Wildman–Crippen MR) is 67.3 cm³/mol. The van der Waals surface area contributed by atoms with E-state index in [0.29, 0.717) is 6.54 Å². The van der Waals surface area contributed by atoms with Crippen molar-refractivity contribution in [1.82, 2.24) is 9.88 Å². The molecule has 0 saturated carbocycles. The molecule has 1 aromatic rings. The fourth-order valence-electron chi connectivity index (χ4n) is 1.31. The van der Waals surface area contributed by atoms with Gasteiger partial charge in [0.1, 0.15) is 6.07 Å². The van der Waals surface area contributed by atoms with Gasteiger partial charge < -0.3 is 10.2 Å². The van der Waals surface area contributed by atoms with E-state index >= 15 is 0 Å². The summed E-state index contributed by atoms with van der Waals surface area (Å²) in [4.78, 5) is 16.3. The van der Waals surface area contributed by atoms with Crippen molar-refractivity contribution in [1.29, 1.82) is 5.26 Å². The average molecular weight is 249 g/mol. The van der Waals surface area contributed by atoms with Crippen LogP contribution in [0.15, 0.2) is 12.3 Å². The Labute approximate surface area is 105 Å². The van der Waals surface area contributed by atoms with E-state index in [1.807, 2.05) is 20.0 Å². The van der Waals surface area contributed by atoms with Gasteiger partial charge in [-0.05, 0) is 13.6 Å². The lowest BCUT2D eigenvalue weighted by atomic mass is 10.3. The summed E-state index contributed by atoms with van der Waals surface area (Å²) < 4.78 is 0. The summed E-state index contributed by atoms with van der Waals surface area (Å²) in [5.41, 5.74) is 0.00567. The summed E-state index contributed by atoms with van der Waals surface area (Å²) in [5.74, 6) is 0.198. The number of pyridine rings is 1. The molecule has 0 atom stereocenters. The van der Waals surface area contributed by atoms with Crippen LogP contribution in [-0.2, 0) is 0 Å². The van der Waals surface area contributed by atoms with Crippen molar-refractivity contribution in [3.8, 4) is 6.07 Å². The third-order valence-corrected chi connectivity index (χ3v) is 2.52. The van der Waals surface area contributed by atoms with Gasteiger partial charge in [-0.15, -0.1) is 0 Å². The number of nitrogens with one attached hydrogen (secondary N) is 1. The highest BCUT2D eigenvalue weighted by atomic mass is 16.6. The smallest absolute Gasteiger partial charge is 0.312 e. The summed E-state index contributed by atoms with van der Waals surface area (Å²) in [6.45, 7) is 4.26. The zero-order valence-electron chi connectivity index (χ0n) is 10.4. The lowest BCUT2D eigenvalue weighted by molar-refractivity contribution is -0.384. The molecule has 0 bridgehead atoms. The monoisotopic (exact) mass is 249 g/mol. The maximum absolute atomic E-state index is 10.8. The third-order valence-electron chi connectivity index (χ3n) is 2.52. The Morgan fingerprint density at radius 2 is 2.39 bits per heavy atom. The quantitative estimate of drug-likeness (QED) is 0.601. The van der Waals surface area contributed by atoms with Gasteiger partial charge in [0.05, 0.1) is 10.5 Å². The molecule has 0 aromatic carbocycles. The number of nitro groups is 1. The molecule has 0 amide bonds. The number of likely N-dealkylation sites (N-methyl/N-ethyl adjacent to an activating group) is 1. The van der Waals surface area contributed by atoms with Crippen LogP contribution in [0.25, 0.3) is 0 Å². The van der Waals surface area contributed by atoms with Crippen molar-refractivity contribution in [2.24, 2.45) is 0 Å². The van der Waals surface area contributed by atoms with Gasteiger partial charge in [-0.25, -0.2) is 4.98 Å². The molecule has 1 heterocycles. The van der Waals surface area contributed by atoms with Gasteiger partial charge in [0.25, 0.3) is 0 Å². The van der Waals surface area contributed by atoms with Crippen molar-refractivity contribution < 1.29 is 4.92 Å². The predicted octanol–water partition coefficient (Wildman–Crippen LogP) is 1.23. The number of rotatable bonds is 6. The highest BCUT2D eigenvalue weighted by Gasteiger charge is 2.15. The van der Waals surface area contributed by atoms with Crippen LogP contribution in [0.1, 0.15) is 12.5 Å². The molecule has 0 aliphatic heterocycles. The number of hydrogen-bond donors (Lipinski definition) is 1. The second-order valence-electron chi connectivity index (χ2n) is 3.78. The minimum absolute atomic E-state index is 0.173. The van der Waals surface area contributed by atoms with Gasteiger partial charge in [0.15, 0.2) is 0 Å². The van der Waals surface area contributed by atoms with Crippen LogP contribution in [0.2, 0.25) is 0 Å². The van der Waals surface area contributed by atoms with Gasteiger partial charge in [0.2, 0.25) is 5.82 Å². The largest absolute Gasteiger partial charge is 0.363 e. The molecule has 1 N–H and O–H groups in total. The highest BCUT2D eigenvalue weighted by Crippen LogP contribution is 2.22. The van der Waals surface area contributed by atoms with Crippen LogP contribution in [0.3, 0.4) is 0 Å². The summed E-state index contributed by atoms with van der Waals surface area (Å²) >= 11 is 0. The van der Waals surface area contributed by atoms with Crippen molar-refractivity contribution in [2.75, 3.05) is 32.0 Å². The van der Waals surface area contributed by atoms with Crippen LogP contribution in [0.4, 0.5) is 11.5 Å². The molecule has 0 saturated heterocycles. The van der Waals surface area contributed by atoms with Gasteiger partial charge >= 0.3 is 5.69 Å². The zero-order valence-corrected chi connectivity index (χ0v) is 10.4. The number of nitriles is 1. The van der Waals surface area contributed by atoms with Gasteiger partial charge in [-0.1, -0.05) is 6.92 Å². The molecule has 1 rings (SSSR count). The molecule has 96 valence electrons. The number of anilines is 1. The van der Waals surface area contributed by atoms with Crippen molar-refractivity contribution in [2.45, 2.75) is 6.92 Å². The Hall–Kier alpha value is -2.20. The summed E-state index contributed by atoms with van der Waals surface area (Å²) in [7, 11) is 1.96. The van der Waals surface area contributed by atoms with E-state index in [4.69, 9.17) is 5.26 Å². The maximum atomic E-state index is 10.8. The summed E-state index contributed by atoms with van der Waals surface area (Å²) in [6.07, 6.45) is 1.32.